The maximum atomic E-state index is 8.37. The van der Waals surface area contributed by atoms with Gasteiger partial charge in [0.05, 0.1) is 0 Å². The first-order chi connectivity index (χ1) is 9.74. The molecule has 0 saturated heterocycles. The van der Waals surface area contributed by atoms with Gasteiger partial charge in [-0.3, -0.25) is 0 Å². The number of azide groups is 2. The predicted octanol–water partition coefficient (Wildman–Crippen LogP) is 5.72. The van der Waals surface area contributed by atoms with Crippen LogP contribution < -0.4 is 0 Å². The largest absolute Gasteiger partial charge is 0.0608 e. The number of benzene rings is 2. The molecular weight excluding hydrogens is 252 g/mol. The van der Waals surface area contributed by atoms with E-state index in [1.807, 2.05) is 24.3 Å². The Balaban J connectivity index is 2.23. The molecular formula is C14H12N6. The van der Waals surface area contributed by atoms with Crippen LogP contribution >= 0.6 is 0 Å². The van der Waals surface area contributed by atoms with Gasteiger partial charge < -0.3 is 0 Å². The SMILES string of the molecule is CC(c1ccc(N=[N+]=[N-])cc1)c1ccc(N=[N+]=[N-])cc1. The van der Waals surface area contributed by atoms with E-state index in [2.05, 4.69) is 27.0 Å². The first kappa shape index (κ1) is 13.5. The molecule has 0 aliphatic heterocycles. The second kappa shape index (κ2) is 6.29. The van der Waals surface area contributed by atoms with Crippen molar-refractivity contribution in [3.05, 3.63) is 80.5 Å². The standard InChI is InChI=1S/C14H12N6/c1-10(11-2-6-13(7-3-11)17-19-15)12-4-8-14(9-5-12)18-20-16/h2-10H,1H3. The molecule has 98 valence electrons. The molecule has 0 radical (unpaired) electrons. The van der Waals surface area contributed by atoms with Crippen molar-refractivity contribution < 1.29 is 0 Å². The van der Waals surface area contributed by atoms with Crippen LogP contribution in [0.3, 0.4) is 0 Å². The van der Waals surface area contributed by atoms with Crippen molar-refractivity contribution >= 4 is 11.4 Å². The summed E-state index contributed by atoms with van der Waals surface area (Å²) in [6.07, 6.45) is 0. The van der Waals surface area contributed by atoms with E-state index in [0.29, 0.717) is 11.4 Å². The number of rotatable bonds is 4. The minimum Gasteiger partial charge on any atom is -0.0608 e. The Labute approximate surface area is 115 Å². The molecule has 0 aromatic heterocycles. The van der Waals surface area contributed by atoms with Gasteiger partial charge in [0.25, 0.3) is 0 Å². The smallest absolute Gasteiger partial charge is 0.0375 e. The highest BCUT2D eigenvalue weighted by molar-refractivity contribution is 5.44. The van der Waals surface area contributed by atoms with Crippen LogP contribution in [0, 0.1) is 0 Å². The van der Waals surface area contributed by atoms with Crippen molar-refractivity contribution in [3.8, 4) is 0 Å². The lowest BCUT2D eigenvalue weighted by Gasteiger charge is -2.12. The Hall–Kier alpha value is -2.94. The number of hydrogen-bond acceptors (Lipinski definition) is 2. The summed E-state index contributed by atoms with van der Waals surface area (Å²) >= 11 is 0. The Morgan fingerprint density at radius 1 is 0.750 bits per heavy atom. The van der Waals surface area contributed by atoms with Gasteiger partial charge in [0.15, 0.2) is 0 Å². The lowest BCUT2D eigenvalue weighted by molar-refractivity contribution is 0.922. The highest BCUT2D eigenvalue weighted by Gasteiger charge is 2.07. The first-order valence-electron chi connectivity index (χ1n) is 6.04. The molecule has 2 aromatic rings. The molecule has 0 spiro atoms. The fourth-order valence-electron chi connectivity index (χ4n) is 1.96. The van der Waals surface area contributed by atoms with Gasteiger partial charge in [-0.25, -0.2) is 0 Å². The van der Waals surface area contributed by atoms with Crippen molar-refractivity contribution in [2.24, 2.45) is 10.2 Å². The molecule has 0 N–H and O–H groups in total. The summed E-state index contributed by atoms with van der Waals surface area (Å²) in [6.45, 7) is 2.09. The van der Waals surface area contributed by atoms with E-state index in [0.717, 1.165) is 11.1 Å². The van der Waals surface area contributed by atoms with Gasteiger partial charge in [-0.15, -0.1) is 0 Å². The third-order valence-corrected chi connectivity index (χ3v) is 3.11. The molecule has 0 unspecified atom stereocenters. The van der Waals surface area contributed by atoms with Crippen LogP contribution in [-0.2, 0) is 0 Å². The van der Waals surface area contributed by atoms with Crippen LogP contribution in [0.5, 0.6) is 0 Å². The highest BCUT2D eigenvalue weighted by Crippen LogP contribution is 2.27. The Kier molecular flexibility index (Phi) is 4.24. The van der Waals surface area contributed by atoms with Crippen molar-refractivity contribution in [1.82, 2.24) is 0 Å². The fourth-order valence-corrected chi connectivity index (χ4v) is 1.96. The molecule has 0 aliphatic rings. The minimum absolute atomic E-state index is 0.204. The van der Waals surface area contributed by atoms with E-state index in [-0.39, 0.29) is 5.92 Å². The monoisotopic (exact) mass is 264 g/mol. The van der Waals surface area contributed by atoms with Crippen molar-refractivity contribution in [2.75, 3.05) is 0 Å². The summed E-state index contributed by atoms with van der Waals surface area (Å²) in [5.74, 6) is 0.204. The molecule has 0 saturated carbocycles. The normalized spacial score (nSPS) is 11.1. The molecule has 0 fully saturated rings. The van der Waals surface area contributed by atoms with Crippen LogP contribution in [0.15, 0.2) is 58.8 Å². The van der Waals surface area contributed by atoms with E-state index >= 15 is 0 Å². The molecule has 6 nitrogen and oxygen atoms in total. The van der Waals surface area contributed by atoms with Crippen LogP contribution in [-0.4, -0.2) is 0 Å². The van der Waals surface area contributed by atoms with E-state index in [9.17, 15) is 0 Å². The molecule has 2 rings (SSSR count). The predicted molar refractivity (Wildman–Crippen MR) is 78.0 cm³/mol. The molecule has 0 atom stereocenters. The minimum atomic E-state index is 0.204. The Morgan fingerprint density at radius 2 is 1.10 bits per heavy atom. The maximum Gasteiger partial charge on any atom is 0.0375 e. The second-order valence-corrected chi connectivity index (χ2v) is 4.28. The molecule has 0 aliphatic carbocycles. The average Bonchev–Trinajstić information content (AvgIpc) is 2.49. The molecule has 0 amide bonds. The summed E-state index contributed by atoms with van der Waals surface area (Å²) < 4.78 is 0. The summed E-state index contributed by atoms with van der Waals surface area (Å²) in [7, 11) is 0. The zero-order valence-corrected chi connectivity index (χ0v) is 10.9. The van der Waals surface area contributed by atoms with Crippen LogP contribution in [0.2, 0.25) is 0 Å². The fraction of sp³-hybridized carbons (Fsp3) is 0.143. The maximum absolute atomic E-state index is 8.37. The Bertz CT molecular complexity index is 615. The highest BCUT2D eigenvalue weighted by atomic mass is 15.1. The third-order valence-electron chi connectivity index (χ3n) is 3.11. The summed E-state index contributed by atoms with van der Waals surface area (Å²) in [4.78, 5) is 5.50. The molecule has 0 heterocycles. The summed E-state index contributed by atoms with van der Waals surface area (Å²) in [5.41, 5.74) is 20.2. The number of nitrogens with zero attached hydrogens (tertiary/aromatic N) is 6. The van der Waals surface area contributed by atoms with E-state index in [4.69, 9.17) is 11.1 Å². The van der Waals surface area contributed by atoms with Crippen LogP contribution in [0.4, 0.5) is 11.4 Å². The zero-order chi connectivity index (χ0) is 14.4. The molecule has 20 heavy (non-hydrogen) atoms. The van der Waals surface area contributed by atoms with Gasteiger partial charge >= 0.3 is 0 Å². The summed E-state index contributed by atoms with van der Waals surface area (Å²) in [6, 6.07) is 14.9. The van der Waals surface area contributed by atoms with Gasteiger partial charge in [0.2, 0.25) is 0 Å². The lowest BCUT2D eigenvalue weighted by atomic mass is 9.93. The zero-order valence-electron chi connectivity index (χ0n) is 10.9. The quantitative estimate of drug-likeness (QED) is 0.383. The van der Waals surface area contributed by atoms with Crippen molar-refractivity contribution in [2.45, 2.75) is 12.8 Å². The topological polar surface area (TPSA) is 97.5 Å². The molecule has 6 heteroatoms. The van der Waals surface area contributed by atoms with E-state index in [1.54, 1.807) is 24.3 Å². The average molecular weight is 264 g/mol. The Morgan fingerprint density at radius 3 is 1.40 bits per heavy atom. The van der Waals surface area contributed by atoms with Gasteiger partial charge in [-0.05, 0) is 22.2 Å². The van der Waals surface area contributed by atoms with Crippen LogP contribution in [0.1, 0.15) is 24.0 Å². The van der Waals surface area contributed by atoms with Crippen molar-refractivity contribution in [3.63, 3.8) is 0 Å². The van der Waals surface area contributed by atoms with Crippen LogP contribution in [0.25, 0.3) is 20.9 Å². The van der Waals surface area contributed by atoms with Gasteiger partial charge in [-0.1, -0.05) is 65.7 Å². The number of hydrogen-bond donors (Lipinski definition) is 0. The van der Waals surface area contributed by atoms with Gasteiger partial charge in [0, 0.05) is 27.1 Å². The van der Waals surface area contributed by atoms with Crippen molar-refractivity contribution in [1.29, 1.82) is 0 Å². The van der Waals surface area contributed by atoms with E-state index < -0.39 is 0 Å². The lowest BCUT2D eigenvalue weighted by Crippen LogP contribution is -1.94. The van der Waals surface area contributed by atoms with Gasteiger partial charge in [0.1, 0.15) is 0 Å². The summed E-state index contributed by atoms with van der Waals surface area (Å²) in [5, 5.41) is 7.09. The molecule has 2 aromatic carbocycles. The first-order valence-corrected chi connectivity index (χ1v) is 6.04. The van der Waals surface area contributed by atoms with Gasteiger partial charge in [-0.2, -0.15) is 0 Å². The second-order valence-electron chi connectivity index (χ2n) is 4.28. The van der Waals surface area contributed by atoms with E-state index in [1.165, 1.54) is 0 Å². The third kappa shape index (κ3) is 3.09. The molecule has 0 bridgehead atoms.